The number of hydrogen-bond donors (Lipinski definition) is 2. The molecule has 1 aromatic rings. The first-order valence-corrected chi connectivity index (χ1v) is 7.16. The molecule has 0 aliphatic heterocycles. The van der Waals surface area contributed by atoms with Gasteiger partial charge in [0.1, 0.15) is 0 Å². The van der Waals surface area contributed by atoms with Crippen LogP contribution in [0.5, 0.6) is 0 Å². The maximum absolute atomic E-state index is 9.73. The summed E-state index contributed by atoms with van der Waals surface area (Å²) in [6, 6.07) is 5.81. The fourth-order valence-corrected chi connectivity index (χ4v) is 2.59. The minimum Gasteiger partial charge on any atom is -0.389 e. The number of nitrogens with one attached hydrogen (secondary N) is 1. The van der Waals surface area contributed by atoms with Crippen LogP contribution < -0.4 is 5.32 Å². The summed E-state index contributed by atoms with van der Waals surface area (Å²) in [6.45, 7) is 1.74. The van der Waals surface area contributed by atoms with Crippen LogP contribution in [0.1, 0.15) is 0 Å². The molecule has 0 saturated heterocycles. The van der Waals surface area contributed by atoms with Gasteiger partial charge in [0.15, 0.2) is 0 Å². The van der Waals surface area contributed by atoms with E-state index in [4.69, 9.17) is 9.47 Å². The number of hydrogen-bond acceptors (Lipinski definition) is 4. The second-order valence-corrected chi connectivity index (χ2v) is 5.41. The Kier molecular flexibility index (Phi) is 7.85. The predicted molar refractivity (Wildman–Crippen MR) is 79.0 cm³/mol. The summed E-state index contributed by atoms with van der Waals surface area (Å²) in [6.07, 6.45) is -0.555. The molecule has 0 aromatic heterocycles. The number of ether oxygens (including phenoxy) is 2. The minimum absolute atomic E-state index is 0.290. The van der Waals surface area contributed by atoms with E-state index in [-0.39, 0.29) is 0 Å². The predicted octanol–water partition coefficient (Wildman–Crippen LogP) is 2.65. The zero-order valence-electron chi connectivity index (χ0n) is 10.2. The molecule has 6 heteroatoms. The van der Waals surface area contributed by atoms with Crippen LogP contribution in [-0.4, -0.2) is 44.7 Å². The van der Waals surface area contributed by atoms with Crippen LogP contribution in [-0.2, 0) is 9.47 Å². The van der Waals surface area contributed by atoms with Gasteiger partial charge in [-0.15, -0.1) is 0 Å². The van der Waals surface area contributed by atoms with Gasteiger partial charge in [0.25, 0.3) is 0 Å². The molecular weight excluding hydrogens is 366 g/mol. The molecule has 1 unspecified atom stereocenters. The summed E-state index contributed by atoms with van der Waals surface area (Å²) >= 11 is 6.90. The molecule has 18 heavy (non-hydrogen) atoms. The van der Waals surface area contributed by atoms with Crippen molar-refractivity contribution >= 4 is 37.5 Å². The molecular formula is C12H17Br2NO3. The van der Waals surface area contributed by atoms with Gasteiger partial charge in [0.05, 0.1) is 31.6 Å². The molecule has 0 radical (unpaired) electrons. The fourth-order valence-electron chi connectivity index (χ4n) is 1.31. The summed E-state index contributed by atoms with van der Waals surface area (Å²) < 4.78 is 12.0. The Morgan fingerprint density at radius 1 is 1.28 bits per heavy atom. The van der Waals surface area contributed by atoms with Crippen molar-refractivity contribution in [1.82, 2.24) is 0 Å². The fraction of sp³-hybridized carbons (Fsp3) is 0.500. The zero-order valence-corrected chi connectivity index (χ0v) is 13.3. The highest BCUT2D eigenvalue weighted by Crippen LogP contribution is 2.30. The topological polar surface area (TPSA) is 50.7 Å². The molecule has 1 rings (SSSR count). The zero-order chi connectivity index (χ0) is 13.4. The van der Waals surface area contributed by atoms with E-state index in [1.54, 1.807) is 7.11 Å². The summed E-state index contributed by atoms with van der Waals surface area (Å²) in [5, 5.41) is 12.9. The Bertz CT molecular complexity index is 343. The average molecular weight is 383 g/mol. The Morgan fingerprint density at radius 3 is 2.56 bits per heavy atom. The van der Waals surface area contributed by atoms with Crippen LogP contribution in [0, 0.1) is 0 Å². The molecule has 0 bridgehead atoms. The van der Waals surface area contributed by atoms with Gasteiger partial charge < -0.3 is 19.9 Å². The van der Waals surface area contributed by atoms with Gasteiger partial charge >= 0.3 is 0 Å². The Morgan fingerprint density at radius 2 is 1.94 bits per heavy atom. The Balaban J connectivity index is 2.31. The van der Waals surface area contributed by atoms with Crippen molar-refractivity contribution in [2.45, 2.75) is 6.10 Å². The number of rotatable bonds is 8. The van der Waals surface area contributed by atoms with Crippen LogP contribution in [0.25, 0.3) is 0 Å². The lowest BCUT2D eigenvalue weighted by molar-refractivity contribution is 0.0182. The van der Waals surface area contributed by atoms with Crippen molar-refractivity contribution in [1.29, 1.82) is 0 Å². The molecule has 0 spiro atoms. The summed E-state index contributed by atoms with van der Waals surface area (Å²) in [4.78, 5) is 0. The summed E-state index contributed by atoms with van der Waals surface area (Å²) in [7, 11) is 1.62. The summed E-state index contributed by atoms with van der Waals surface area (Å²) in [5.41, 5.74) is 0.924. The first-order valence-electron chi connectivity index (χ1n) is 5.57. The van der Waals surface area contributed by atoms with E-state index in [2.05, 4.69) is 37.2 Å². The maximum atomic E-state index is 9.73. The van der Waals surface area contributed by atoms with Gasteiger partial charge in [-0.05, 0) is 44.0 Å². The number of halogens is 2. The van der Waals surface area contributed by atoms with Crippen molar-refractivity contribution in [3.8, 4) is 0 Å². The van der Waals surface area contributed by atoms with Crippen LogP contribution in [0.2, 0.25) is 0 Å². The normalized spacial score (nSPS) is 12.4. The van der Waals surface area contributed by atoms with Gasteiger partial charge in [-0.1, -0.05) is 6.07 Å². The molecule has 102 valence electrons. The highest BCUT2D eigenvalue weighted by molar-refractivity contribution is 9.11. The lowest BCUT2D eigenvalue weighted by Gasteiger charge is -2.15. The van der Waals surface area contributed by atoms with E-state index in [1.165, 1.54) is 0 Å². The van der Waals surface area contributed by atoms with E-state index >= 15 is 0 Å². The number of methoxy groups -OCH3 is 1. The molecule has 4 nitrogen and oxygen atoms in total. The highest BCUT2D eigenvalue weighted by Gasteiger charge is 2.08. The highest BCUT2D eigenvalue weighted by atomic mass is 79.9. The molecule has 0 aliphatic carbocycles. The van der Waals surface area contributed by atoms with Gasteiger partial charge in [-0.25, -0.2) is 0 Å². The molecule has 0 aliphatic rings. The van der Waals surface area contributed by atoms with E-state index in [0.717, 1.165) is 14.6 Å². The number of aliphatic hydroxyl groups is 1. The number of para-hydroxylation sites is 1. The average Bonchev–Trinajstić information content (AvgIpc) is 2.34. The van der Waals surface area contributed by atoms with Crippen LogP contribution in [0.4, 0.5) is 5.69 Å². The lowest BCUT2D eigenvalue weighted by atomic mass is 10.3. The molecule has 0 amide bonds. The van der Waals surface area contributed by atoms with E-state index < -0.39 is 6.10 Å². The third kappa shape index (κ3) is 5.67. The molecule has 1 atom stereocenters. The quantitative estimate of drug-likeness (QED) is 0.678. The SMILES string of the molecule is COCCOCC(O)CNc1c(Br)cccc1Br. The van der Waals surface area contributed by atoms with Crippen molar-refractivity contribution in [3.63, 3.8) is 0 Å². The van der Waals surface area contributed by atoms with Gasteiger partial charge in [-0.2, -0.15) is 0 Å². The first-order chi connectivity index (χ1) is 8.65. The maximum Gasteiger partial charge on any atom is 0.0945 e. The van der Waals surface area contributed by atoms with Crippen molar-refractivity contribution in [2.24, 2.45) is 0 Å². The minimum atomic E-state index is -0.555. The smallest absolute Gasteiger partial charge is 0.0945 e. The number of aliphatic hydroxyl groups excluding tert-OH is 1. The lowest BCUT2D eigenvalue weighted by Crippen LogP contribution is -2.25. The van der Waals surface area contributed by atoms with Crippen molar-refractivity contribution in [2.75, 3.05) is 38.8 Å². The molecule has 2 N–H and O–H groups in total. The van der Waals surface area contributed by atoms with Crippen LogP contribution in [0.15, 0.2) is 27.1 Å². The molecule has 0 saturated carbocycles. The Labute approximate surface area is 124 Å². The van der Waals surface area contributed by atoms with Crippen LogP contribution in [0.3, 0.4) is 0 Å². The second-order valence-electron chi connectivity index (χ2n) is 3.70. The first kappa shape index (κ1) is 15.9. The standard InChI is InChI=1S/C12H17Br2NO3/c1-17-5-6-18-8-9(16)7-15-12-10(13)3-2-4-11(12)14/h2-4,9,15-16H,5-8H2,1H3. The Hall–Kier alpha value is -0.140. The van der Waals surface area contributed by atoms with Gasteiger partial charge in [0, 0.05) is 22.6 Å². The van der Waals surface area contributed by atoms with Crippen molar-refractivity contribution < 1.29 is 14.6 Å². The molecule has 0 fully saturated rings. The van der Waals surface area contributed by atoms with E-state index in [1.807, 2.05) is 18.2 Å². The monoisotopic (exact) mass is 381 g/mol. The largest absolute Gasteiger partial charge is 0.389 e. The van der Waals surface area contributed by atoms with E-state index in [9.17, 15) is 5.11 Å². The van der Waals surface area contributed by atoms with Gasteiger partial charge in [-0.3, -0.25) is 0 Å². The third-order valence-electron chi connectivity index (χ3n) is 2.22. The van der Waals surface area contributed by atoms with Crippen molar-refractivity contribution in [3.05, 3.63) is 27.1 Å². The summed E-state index contributed by atoms with van der Waals surface area (Å²) in [5.74, 6) is 0. The van der Waals surface area contributed by atoms with Crippen LogP contribution >= 0.6 is 31.9 Å². The van der Waals surface area contributed by atoms with E-state index in [0.29, 0.717) is 26.4 Å². The molecule has 0 heterocycles. The second kappa shape index (κ2) is 8.87. The third-order valence-corrected chi connectivity index (χ3v) is 3.54. The molecule has 1 aromatic carbocycles. The number of benzene rings is 1. The number of anilines is 1. The van der Waals surface area contributed by atoms with Gasteiger partial charge in [0.2, 0.25) is 0 Å².